The molecular weight excluding hydrogens is 252 g/mol. The maximum Gasteiger partial charge on any atom is 0.241 e. The van der Waals surface area contributed by atoms with Gasteiger partial charge in [-0.25, -0.2) is 13.1 Å². The molecule has 0 aromatic heterocycles. The lowest BCUT2D eigenvalue weighted by molar-refractivity contribution is 0.0236. The highest BCUT2D eigenvalue weighted by Crippen LogP contribution is 2.25. The number of benzene rings is 1. The topological polar surface area (TPSA) is 81.4 Å². The fourth-order valence-corrected chi connectivity index (χ4v) is 3.60. The molecule has 1 saturated carbocycles. The van der Waals surface area contributed by atoms with Gasteiger partial charge in [-0.3, -0.25) is 0 Å². The molecule has 0 heterocycles. The number of rotatable bonds is 4. The van der Waals surface area contributed by atoms with Crippen molar-refractivity contribution >= 4 is 15.7 Å². The summed E-state index contributed by atoms with van der Waals surface area (Å²) in [6.07, 6.45) is 1.62. The van der Waals surface area contributed by atoms with Crippen LogP contribution in [0.3, 0.4) is 0 Å². The minimum absolute atomic E-state index is 0.0306. The van der Waals surface area contributed by atoms with E-state index in [4.69, 9.17) is 10.5 Å². The first-order chi connectivity index (χ1) is 8.42. The summed E-state index contributed by atoms with van der Waals surface area (Å²) in [6, 6.07) is 4.77. The van der Waals surface area contributed by atoms with E-state index in [-0.39, 0.29) is 17.0 Å². The molecule has 0 radical (unpaired) electrons. The van der Waals surface area contributed by atoms with Gasteiger partial charge in [-0.05, 0) is 43.5 Å². The van der Waals surface area contributed by atoms with Gasteiger partial charge in [-0.2, -0.15) is 0 Å². The van der Waals surface area contributed by atoms with Crippen LogP contribution >= 0.6 is 0 Å². The summed E-state index contributed by atoms with van der Waals surface area (Å²) in [5.41, 5.74) is 6.84. The highest BCUT2D eigenvalue weighted by atomic mass is 32.2. The molecule has 1 aliphatic carbocycles. The van der Waals surface area contributed by atoms with Gasteiger partial charge in [0, 0.05) is 18.8 Å². The van der Waals surface area contributed by atoms with E-state index in [1.165, 1.54) is 0 Å². The van der Waals surface area contributed by atoms with Crippen molar-refractivity contribution in [1.82, 2.24) is 4.72 Å². The van der Waals surface area contributed by atoms with Crippen molar-refractivity contribution in [2.45, 2.75) is 36.8 Å². The molecule has 0 saturated heterocycles. The number of ether oxygens (including phenoxy) is 1. The molecule has 2 rings (SSSR count). The van der Waals surface area contributed by atoms with Crippen molar-refractivity contribution in [2.24, 2.45) is 0 Å². The van der Waals surface area contributed by atoms with Crippen LogP contribution < -0.4 is 10.5 Å². The number of anilines is 1. The molecule has 6 heteroatoms. The number of methoxy groups -OCH3 is 1. The summed E-state index contributed by atoms with van der Waals surface area (Å²) in [5, 5.41) is 0. The molecule has 5 nitrogen and oxygen atoms in total. The molecule has 1 fully saturated rings. The second-order valence-corrected chi connectivity index (χ2v) is 6.35. The number of aryl methyl sites for hydroxylation is 1. The predicted octanol–water partition coefficient (Wildman–Crippen LogP) is 1.03. The molecule has 0 amide bonds. The molecule has 0 bridgehead atoms. The lowest BCUT2D eigenvalue weighted by atomic mass is 9.90. The van der Waals surface area contributed by atoms with Crippen molar-refractivity contribution in [2.75, 3.05) is 12.8 Å². The third-order valence-electron chi connectivity index (χ3n) is 3.24. The van der Waals surface area contributed by atoms with Crippen LogP contribution in [0.2, 0.25) is 0 Å². The van der Waals surface area contributed by atoms with Crippen molar-refractivity contribution < 1.29 is 13.2 Å². The van der Waals surface area contributed by atoms with Crippen LogP contribution in [0, 0.1) is 6.92 Å². The third-order valence-corrected chi connectivity index (χ3v) is 4.92. The van der Waals surface area contributed by atoms with E-state index in [1.807, 2.05) is 0 Å². The molecule has 1 aliphatic rings. The molecule has 18 heavy (non-hydrogen) atoms. The van der Waals surface area contributed by atoms with E-state index in [2.05, 4.69) is 4.72 Å². The van der Waals surface area contributed by atoms with E-state index in [0.29, 0.717) is 11.3 Å². The maximum atomic E-state index is 12.2. The number of nitrogens with two attached hydrogens (primary N) is 1. The van der Waals surface area contributed by atoms with Gasteiger partial charge in [0.2, 0.25) is 10.0 Å². The van der Waals surface area contributed by atoms with E-state index < -0.39 is 10.0 Å². The summed E-state index contributed by atoms with van der Waals surface area (Å²) >= 11 is 0. The van der Waals surface area contributed by atoms with Crippen LogP contribution in [0.4, 0.5) is 5.69 Å². The summed E-state index contributed by atoms with van der Waals surface area (Å²) in [4.78, 5) is 0.289. The number of hydrogen-bond donors (Lipinski definition) is 2. The third kappa shape index (κ3) is 2.66. The average molecular weight is 270 g/mol. The van der Waals surface area contributed by atoms with Crippen molar-refractivity contribution in [3.63, 3.8) is 0 Å². The molecule has 0 unspecified atom stereocenters. The summed E-state index contributed by atoms with van der Waals surface area (Å²) in [7, 11) is -1.82. The monoisotopic (exact) mass is 270 g/mol. The van der Waals surface area contributed by atoms with Gasteiger partial charge in [0.15, 0.2) is 0 Å². The Morgan fingerprint density at radius 3 is 2.61 bits per heavy atom. The van der Waals surface area contributed by atoms with E-state index in [0.717, 1.165) is 12.8 Å². The van der Waals surface area contributed by atoms with Crippen LogP contribution in [-0.4, -0.2) is 27.7 Å². The van der Waals surface area contributed by atoms with Gasteiger partial charge in [-0.15, -0.1) is 0 Å². The van der Waals surface area contributed by atoms with Crippen molar-refractivity contribution in [3.05, 3.63) is 23.8 Å². The first kappa shape index (κ1) is 13.3. The molecule has 0 spiro atoms. The van der Waals surface area contributed by atoms with Gasteiger partial charge in [-0.1, -0.05) is 0 Å². The van der Waals surface area contributed by atoms with Gasteiger partial charge in [0.05, 0.1) is 11.0 Å². The summed E-state index contributed by atoms with van der Waals surface area (Å²) in [5.74, 6) is 0. The normalized spacial score (nSPS) is 23.7. The highest BCUT2D eigenvalue weighted by Gasteiger charge is 2.33. The second kappa shape index (κ2) is 4.87. The average Bonchev–Trinajstić information content (AvgIpc) is 2.22. The molecule has 1 aromatic carbocycles. The van der Waals surface area contributed by atoms with Crippen LogP contribution in [0.25, 0.3) is 0 Å². The molecule has 0 atom stereocenters. The molecular formula is C12H18N2O3S. The largest absolute Gasteiger partial charge is 0.399 e. The number of nitrogen functional groups attached to an aromatic ring is 1. The first-order valence-electron chi connectivity index (χ1n) is 5.83. The highest BCUT2D eigenvalue weighted by molar-refractivity contribution is 7.89. The standard InChI is InChI=1S/C12H18N2O3S/c1-8-5-9(13)3-4-12(8)18(15,16)14-10-6-11(7-10)17-2/h3-5,10-11,14H,6-7,13H2,1-2H3. The number of sulfonamides is 1. The Kier molecular flexibility index (Phi) is 3.61. The van der Waals surface area contributed by atoms with Crippen LogP contribution in [0.5, 0.6) is 0 Å². The lowest BCUT2D eigenvalue weighted by Gasteiger charge is -2.34. The predicted molar refractivity (Wildman–Crippen MR) is 69.7 cm³/mol. The minimum Gasteiger partial charge on any atom is -0.399 e. The molecule has 0 aliphatic heterocycles. The maximum absolute atomic E-state index is 12.2. The quantitative estimate of drug-likeness (QED) is 0.801. The Bertz CT molecular complexity index is 536. The zero-order chi connectivity index (χ0) is 13.3. The van der Waals surface area contributed by atoms with Crippen LogP contribution in [0.15, 0.2) is 23.1 Å². The zero-order valence-electron chi connectivity index (χ0n) is 10.5. The van der Waals surface area contributed by atoms with Crippen molar-refractivity contribution in [1.29, 1.82) is 0 Å². The van der Waals surface area contributed by atoms with Crippen LogP contribution in [0.1, 0.15) is 18.4 Å². The Morgan fingerprint density at radius 1 is 1.39 bits per heavy atom. The fraction of sp³-hybridized carbons (Fsp3) is 0.500. The zero-order valence-corrected chi connectivity index (χ0v) is 11.3. The van der Waals surface area contributed by atoms with E-state index in [9.17, 15) is 8.42 Å². The van der Waals surface area contributed by atoms with E-state index in [1.54, 1.807) is 32.2 Å². The Labute approximate surface area is 107 Å². The molecule has 100 valence electrons. The number of nitrogens with one attached hydrogen (secondary N) is 1. The van der Waals surface area contributed by atoms with Gasteiger partial charge >= 0.3 is 0 Å². The van der Waals surface area contributed by atoms with Gasteiger partial charge in [0.1, 0.15) is 0 Å². The van der Waals surface area contributed by atoms with Gasteiger partial charge < -0.3 is 10.5 Å². The first-order valence-corrected chi connectivity index (χ1v) is 7.32. The molecule has 3 N–H and O–H groups in total. The van der Waals surface area contributed by atoms with E-state index >= 15 is 0 Å². The Balaban J connectivity index is 2.11. The van der Waals surface area contributed by atoms with Crippen molar-refractivity contribution in [3.8, 4) is 0 Å². The SMILES string of the molecule is COC1CC(NS(=O)(=O)c2ccc(N)cc2C)C1. The van der Waals surface area contributed by atoms with Crippen LogP contribution in [-0.2, 0) is 14.8 Å². The summed E-state index contributed by atoms with van der Waals surface area (Å²) < 4.78 is 32.1. The summed E-state index contributed by atoms with van der Waals surface area (Å²) in [6.45, 7) is 1.74. The lowest BCUT2D eigenvalue weighted by Crippen LogP contribution is -2.47. The smallest absolute Gasteiger partial charge is 0.241 e. The van der Waals surface area contributed by atoms with Gasteiger partial charge in [0.25, 0.3) is 0 Å². The Hall–Kier alpha value is -1.11. The Morgan fingerprint density at radius 2 is 2.06 bits per heavy atom. The minimum atomic E-state index is -3.46. The fourth-order valence-electron chi connectivity index (χ4n) is 2.11. The second-order valence-electron chi connectivity index (χ2n) is 4.67. The number of hydrogen-bond acceptors (Lipinski definition) is 4. The molecule has 1 aromatic rings.